The highest BCUT2D eigenvalue weighted by molar-refractivity contribution is 4.84. The van der Waals surface area contributed by atoms with Crippen LogP contribution in [0.2, 0.25) is 0 Å². The predicted molar refractivity (Wildman–Crippen MR) is 40.3 cm³/mol. The third-order valence-electron chi connectivity index (χ3n) is 1.80. The minimum Gasteiger partial charge on any atom is -0.390 e. The molecule has 1 heteroatoms. The van der Waals surface area contributed by atoms with E-state index in [1.807, 2.05) is 20.8 Å². The van der Waals surface area contributed by atoms with Gasteiger partial charge in [0.2, 0.25) is 0 Å². The Labute approximate surface area is 57.4 Å². The van der Waals surface area contributed by atoms with Crippen molar-refractivity contribution < 1.29 is 5.11 Å². The summed E-state index contributed by atoms with van der Waals surface area (Å²) in [4.78, 5) is 0. The van der Waals surface area contributed by atoms with Gasteiger partial charge >= 0.3 is 0 Å². The highest BCUT2D eigenvalue weighted by Gasteiger charge is 2.22. The zero-order valence-electron chi connectivity index (χ0n) is 6.52. The van der Waals surface area contributed by atoms with Crippen LogP contribution in [0.3, 0.4) is 0 Å². The summed E-state index contributed by atoms with van der Waals surface area (Å²) >= 11 is 0. The lowest BCUT2D eigenvalue weighted by Gasteiger charge is -2.25. The van der Waals surface area contributed by atoms with E-state index >= 15 is 0 Å². The zero-order valence-corrected chi connectivity index (χ0v) is 6.52. The quantitative estimate of drug-likeness (QED) is 0.576. The van der Waals surface area contributed by atoms with Gasteiger partial charge in [-0.15, -0.1) is 6.58 Å². The van der Waals surface area contributed by atoms with Gasteiger partial charge in [-0.2, -0.15) is 0 Å². The first-order valence-corrected chi connectivity index (χ1v) is 3.34. The van der Waals surface area contributed by atoms with E-state index in [-0.39, 0.29) is 0 Å². The Hall–Kier alpha value is -0.300. The molecule has 0 saturated heterocycles. The molecule has 0 radical (unpaired) electrons. The predicted octanol–water partition coefficient (Wildman–Crippen LogP) is 1.97. The van der Waals surface area contributed by atoms with Gasteiger partial charge in [0.15, 0.2) is 0 Å². The molecule has 0 bridgehead atoms. The Bertz CT molecular complexity index is 92.7. The molecule has 1 atom stereocenters. The Balaban J connectivity index is 3.84. The average molecular weight is 128 g/mol. The molecule has 0 aromatic rings. The van der Waals surface area contributed by atoms with Gasteiger partial charge in [-0.05, 0) is 19.3 Å². The molecule has 0 saturated carbocycles. The van der Waals surface area contributed by atoms with Crippen LogP contribution in [0.4, 0.5) is 0 Å². The van der Waals surface area contributed by atoms with E-state index in [0.29, 0.717) is 12.3 Å². The fourth-order valence-corrected chi connectivity index (χ4v) is 0.528. The van der Waals surface area contributed by atoms with Gasteiger partial charge in [0.1, 0.15) is 0 Å². The SMILES string of the molecule is C=CC[C@](C)(O)C(C)C. The summed E-state index contributed by atoms with van der Waals surface area (Å²) in [5, 5.41) is 9.52. The number of hydrogen-bond acceptors (Lipinski definition) is 1. The van der Waals surface area contributed by atoms with Gasteiger partial charge in [0.25, 0.3) is 0 Å². The monoisotopic (exact) mass is 128 g/mol. The Morgan fingerprint density at radius 1 is 1.67 bits per heavy atom. The van der Waals surface area contributed by atoms with Crippen LogP contribution in [0.15, 0.2) is 12.7 Å². The van der Waals surface area contributed by atoms with Gasteiger partial charge < -0.3 is 5.11 Å². The highest BCUT2D eigenvalue weighted by atomic mass is 16.3. The van der Waals surface area contributed by atoms with Crippen LogP contribution in [-0.2, 0) is 0 Å². The zero-order chi connectivity index (χ0) is 7.49. The van der Waals surface area contributed by atoms with Crippen molar-refractivity contribution >= 4 is 0 Å². The maximum absolute atomic E-state index is 9.52. The van der Waals surface area contributed by atoms with Crippen molar-refractivity contribution in [3.63, 3.8) is 0 Å². The maximum atomic E-state index is 9.52. The van der Waals surface area contributed by atoms with E-state index in [4.69, 9.17) is 0 Å². The van der Waals surface area contributed by atoms with E-state index in [2.05, 4.69) is 6.58 Å². The molecule has 0 aromatic carbocycles. The normalized spacial score (nSPS) is 17.4. The van der Waals surface area contributed by atoms with Crippen molar-refractivity contribution in [3.8, 4) is 0 Å². The molecule has 0 amide bonds. The fraction of sp³-hybridized carbons (Fsp3) is 0.750. The van der Waals surface area contributed by atoms with Crippen molar-refractivity contribution in [2.24, 2.45) is 5.92 Å². The lowest BCUT2D eigenvalue weighted by molar-refractivity contribution is 0.0166. The summed E-state index contributed by atoms with van der Waals surface area (Å²) in [6.45, 7) is 9.41. The summed E-state index contributed by atoms with van der Waals surface area (Å²) in [7, 11) is 0. The third kappa shape index (κ3) is 2.66. The average Bonchev–Trinajstić information content (AvgIpc) is 1.65. The molecule has 9 heavy (non-hydrogen) atoms. The van der Waals surface area contributed by atoms with Crippen LogP contribution >= 0.6 is 0 Å². The standard InChI is InChI=1S/C8H16O/c1-5-6-8(4,9)7(2)3/h5,7,9H,1,6H2,2-4H3/t8-/m0/s1. The van der Waals surface area contributed by atoms with Crippen molar-refractivity contribution in [1.82, 2.24) is 0 Å². The first-order chi connectivity index (χ1) is 4.00. The molecule has 0 aliphatic heterocycles. The molecule has 0 fully saturated rings. The Morgan fingerprint density at radius 2 is 2.11 bits per heavy atom. The molecule has 1 nitrogen and oxygen atoms in total. The largest absolute Gasteiger partial charge is 0.390 e. The lowest BCUT2D eigenvalue weighted by Crippen LogP contribution is -2.29. The van der Waals surface area contributed by atoms with Crippen molar-refractivity contribution in [1.29, 1.82) is 0 Å². The highest BCUT2D eigenvalue weighted by Crippen LogP contribution is 2.19. The molecule has 0 unspecified atom stereocenters. The summed E-state index contributed by atoms with van der Waals surface area (Å²) in [5.41, 5.74) is -0.568. The van der Waals surface area contributed by atoms with E-state index in [1.54, 1.807) is 6.08 Å². The third-order valence-corrected chi connectivity index (χ3v) is 1.80. The second kappa shape index (κ2) is 3.02. The molecule has 0 aromatic heterocycles. The molecule has 0 spiro atoms. The molecule has 1 N–H and O–H groups in total. The van der Waals surface area contributed by atoms with Gasteiger partial charge in [0.05, 0.1) is 5.60 Å². The van der Waals surface area contributed by atoms with Crippen LogP contribution in [0, 0.1) is 5.92 Å². The molecular weight excluding hydrogens is 112 g/mol. The molecule has 0 heterocycles. The Morgan fingerprint density at radius 3 is 2.22 bits per heavy atom. The van der Waals surface area contributed by atoms with E-state index in [9.17, 15) is 5.11 Å². The van der Waals surface area contributed by atoms with E-state index in [1.165, 1.54) is 0 Å². The number of hydrogen-bond donors (Lipinski definition) is 1. The smallest absolute Gasteiger partial charge is 0.0676 e. The van der Waals surface area contributed by atoms with Crippen LogP contribution in [-0.4, -0.2) is 10.7 Å². The first-order valence-electron chi connectivity index (χ1n) is 3.34. The van der Waals surface area contributed by atoms with Crippen LogP contribution in [0.5, 0.6) is 0 Å². The van der Waals surface area contributed by atoms with Gasteiger partial charge in [-0.1, -0.05) is 19.9 Å². The molecule has 0 aliphatic rings. The van der Waals surface area contributed by atoms with E-state index in [0.717, 1.165) is 0 Å². The Kier molecular flexibility index (Phi) is 2.92. The topological polar surface area (TPSA) is 20.2 Å². The van der Waals surface area contributed by atoms with Gasteiger partial charge in [0, 0.05) is 0 Å². The van der Waals surface area contributed by atoms with Gasteiger partial charge in [-0.25, -0.2) is 0 Å². The number of rotatable bonds is 3. The second-order valence-corrected chi connectivity index (χ2v) is 3.00. The summed E-state index contributed by atoms with van der Waals surface area (Å²) in [6.07, 6.45) is 2.42. The summed E-state index contributed by atoms with van der Waals surface area (Å²) < 4.78 is 0. The molecule has 54 valence electrons. The van der Waals surface area contributed by atoms with Crippen LogP contribution in [0.1, 0.15) is 27.2 Å². The minimum absolute atomic E-state index is 0.301. The fourth-order valence-electron chi connectivity index (χ4n) is 0.528. The van der Waals surface area contributed by atoms with Crippen molar-refractivity contribution in [2.45, 2.75) is 32.8 Å². The van der Waals surface area contributed by atoms with Crippen molar-refractivity contribution in [2.75, 3.05) is 0 Å². The summed E-state index contributed by atoms with van der Waals surface area (Å²) in [6, 6.07) is 0. The molecular formula is C8H16O. The van der Waals surface area contributed by atoms with Crippen LogP contribution in [0.25, 0.3) is 0 Å². The van der Waals surface area contributed by atoms with Crippen LogP contribution < -0.4 is 0 Å². The van der Waals surface area contributed by atoms with Crippen molar-refractivity contribution in [3.05, 3.63) is 12.7 Å². The van der Waals surface area contributed by atoms with E-state index < -0.39 is 5.60 Å². The maximum Gasteiger partial charge on any atom is 0.0676 e. The minimum atomic E-state index is -0.568. The molecule has 0 aliphatic carbocycles. The first kappa shape index (κ1) is 8.70. The van der Waals surface area contributed by atoms with Gasteiger partial charge in [-0.3, -0.25) is 0 Å². The number of aliphatic hydroxyl groups is 1. The summed E-state index contributed by atoms with van der Waals surface area (Å²) in [5.74, 6) is 0.301. The second-order valence-electron chi connectivity index (χ2n) is 3.00. The lowest BCUT2D eigenvalue weighted by atomic mass is 9.89. The molecule has 0 rings (SSSR count).